The number of ether oxygens (including phenoxy) is 1. The summed E-state index contributed by atoms with van der Waals surface area (Å²) in [5.74, 6) is 0.304. The average Bonchev–Trinajstić information content (AvgIpc) is 2.54. The van der Waals surface area contributed by atoms with E-state index < -0.39 is 0 Å². The van der Waals surface area contributed by atoms with Gasteiger partial charge < -0.3 is 4.74 Å². The third-order valence-electron chi connectivity index (χ3n) is 2.66. The fourth-order valence-electron chi connectivity index (χ4n) is 1.63. The quantitative estimate of drug-likeness (QED) is 0.532. The molecule has 0 aliphatic heterocycles. The van der Waals surface area contributed by atoms with Crippen LogP contribution in [-0.2, 0) is 0 Å². The summed E-state index contributed by atoms with van der Waals surface area (Å²) in [5, 5.41) is 0. The minimum absolute atomic E-state index is 0.308. The zero-order valence-electron chi connectivity index (χ0n) is 13.9. The van der Waals surface area contributed by atoms with Gasteiger partial charge in [-0.3, -0.25) is 0 Å². The standard InChI is InChI=1S/C15H14O2.2C2H6/c1-11-7-3-5-9-13(11)15(16)17-14-10-6-4-8-12(14)2;2*1-2/h3-10H,1-2H3;2*1-2H3. The minimum Gasteiger partial charge on any atom is -0.423 e. The van der Waals surface area contributed by atoms with Gasteiger partial charge in [0.15, 0.2) is 0 Å². The van der Waals surface area contributed by atoms with Crippen molar-refractivity contribution in [2.75, 3.05) is 0 Å². The molecule has 0 spiro atoms. The second-order valence-electron chi connectivity index (χ2n) is 3.97. The first-order valence-corrected chi connectivity index (χ1v) is 7.52. The van der Waals surface area contributed by atoms with Gasteiger partial charge in [0.1, 0.15) is 5.75 Å². The second-order valence-corrected chi connectivity index (χ2v) is 3.97. The van der Waals surface area contributed by atoms with Crippen molar-refractivity contribution in [3.63, 3.8) is 0 Å². The zero-order chi connectivity index (χ0) is 16.3. The van der Waals surface area contributed by atoms with E-state index >= 15 is 0 Å². The molecule has 0 atom stereocenters. The van der Waals surface area contributed by atoms with Crippen LogP contribution in [0.5, 0.6) is 5.75 Å². The van der Waals surface area contributed by atoms with Crippen LogP contribution in [0.4, 0.5) is 0 Å². The second kappa shape index (κ2) is 10.7. The van der Waals surface area contributed by atoms with Gasteiger partial charge in [0.25, 0.3) is 0 Å². The summed E-state index contributed by atoms with van der Waals surface area (Å²) in [7, 11) is 0. The molecule has 0 saturated heterocycles. The van der Waals surface area contributed by atoms with Gasteiger partial charge in [-0.1, -0.05) is 64.1 Å². The smallest absolute Gasteiger partial charge is 0.343 e. The lowest BCUT2D eigenvalue weighted by Crippen LogP contribution is -2.10. The molecule has 2 nitrogen and oxygen atoms in total. The first-order valence-electron chi connectivity index (χ1n) is 7.52. The van der Waals surface area contributed by atoms with Crippen LogP contribution in [0.1, 0.15) is 49.2 Å². The van der Waals surface area contributed by atoms with E-state index in [4.69, 9.17) is 4.74 Å². The van der Waals surface area contributed by atoms with Crippen LogP contribution in [0.3, 0.4) is 0 Å². The number of hydrogen-bond donors (Lipinski definition) is 0. The summed E-state index contributed by atoms with van der Waals surface area (Å²) in [6.07, 6.45) is 0. The maximum atomic E-state index is 12.0. The molecule has 0 aromatic heterocycles. The highest BCUT2D eigenvalue weighted by Gasteiger charge is 2.11. The Labute approximate surface area is 128 Å². The van der Waals surface area contributed by atoms with Gasteiger partial charge in [-0.05, 0) is 37.1 Å². The van der Waals surface area contributed by atoms with Crippen molar-refractivity contribution in [1.29, 1.82) is 0 Å². The molecule has 114 valence electrons. The van der Waals surface area contributed by atoms with Gasteiger partial charge in [0.05, 0.1) is 5.56 Å². The molecule has 0 unspecified atom stereocenters. The minimum atomic E-state index is -0.308. The molecule has 0 radical (unpaired) electrons. The Bertz CT molecular complexity index is 545. The molecule has 2 rings (SSSR count). The van der Waals surface area contributed by atoms with Crippen LogP contribution in [0, 0.1) is 13.8 Å². The van der Waals surface area contributed by atoms with Crippen molar-refractivity contribution in [2.24, 2.45) is 0 Å². The summed E-state index contributed by atoms with van der Waals surface area (Å²) in [6.45, 7) is 11.8. The highest BCUT2D eigenvalue weighted by atomic mass is 16.5. The summed E-state index contributed by atoms with van der Waals surface area (Å²) < 4.78 is 5.37. The number of rotatable bonds is 2. The van der Waals surface area contributed by atoms with E-state index in [1.165, 1.54) is 0 Å². The number of aryl methyl sites for hydroxylation is 2. The normalized spacial score (nSPS) is 8.67. The highest BCUT2D eigenvalue weighted by Crippen LogP contribution is 2.18. The van der Waals surface area contributed by atoms with Gasteiger partial charge in [-0.25, -0.2) is 4.79 Å². The molecule has 0 N–H and O–H groups in total. The lowest BCUT2D eigenvalue weighted by molar-refractivity contribution is 0.0733. The fourth-order valence-corrected chi connectivity index (χ4v) is 1.63. The summed E-state index contributed by atoms with van der Waals surface area (Å²) in [6, 6.07) is 14.9. The third-order valence-corrected chi connectivity index (χ3v) is 2.66. The molecule has 0 aliphatic carbocycles. The van der Waals surface area contributed by atoms with E-state index in [1.807, 2.05) is 77.9 Å². The molecule has 0 amide bonds. The van der Waals surface area contributed by atoms with Crippen molar-refractivity contribution in [1.82, 2.24) is 0 Å². The Balaban J connectivity index is 0.000000921. The van der Waals surface area contributed by atoms with E-state index in [1.54, 1.807) is 12.1 Å². The summed E-state index contributed by atoms with van der Waals surface area (Å²) in [5.41, 5.74) is 2.48. The Morgan fingerprint density at radius 3 is 1.76 bits per heavy atom. The van der Waals surface area contributed by atoms with Crippen LogP contribution in [0.15, 0.2) is 48.5 Å². The summed E-state index contributed by atoms with van der Waals surface area (Å²) in [4.78, 5) is 12.0. The van der Waals surface area contributed by atoms with Crippen LogP contribution in [-0.4, -0.2) is 5.97 Å². The monoisotopic (exact) mass is 286 g/mol. The average molecular weight is 286 g/mol. The Kier molecular flexibility index (Phi) is 9.61. The first kappa shape index (κ1) is 18.9. The number of carbonyl (C=O) groups is 1. The van der Waals surface area contributed by atoms with E-state index in [2.05, 4.69) is 0 Å². The van der Waals surface area contributed by atoms with E-state index in [0.29, 0.717) is 11.3 Å². The van der Waals surface area contributed by atoms with E-state index in [0.717, 1.165) is 11.1 Å². The third kappa shape index (κ3) is 5.82. The van der Waals surface area contributed by atoms with Crippen LogP contribution < -0.4 is 4.74 Å². The van der Waals surface area contributed by atoms with E-state index in [9.17, 15) is 4.79 Å². The number of carbonyl (C=O) groups excluding carboxylic acids is 1. The van der Waals surface area contributed by atoms with Crippen molar-refractivity contribution in [2.45, 2.75) is 41.5 Å². The summed E-state index contributed by atoms with van der Waals surface area (Å²) >= 11 is 0. The molecule has 0 heterocycles. The number of hydrogen-bond acceptors (Lipinski definition) is 2. The molecule has 0 aliphatic rings. The molecule has 2 aromatic carbocycles. The topological polar surface area (TPSA) is 26.3 Å². The molecular weight excluding hydrogens is 260 g/mol. The Hall–Kier alpha value is -2.09. The van der Waals surface area contributed by atoms with Gasteiger partial charge in [0.2, 0.25) is 0 Å². The van der Waals surface area contributed by atoms with Crippen molar-refractivity contribution >= 4 is 5.97 Å². The zero-order valence-corrected chi connectivity index (χ0v) is 13.9. The molecule has 2 heteroatoms. The van der Waals surface area contributed by atoms with Crippen molar-refractivity contribution in [3.8, 4) is 5.75 Å². The first-order chi connectivity index (χ1) is 10.2. The van der Waals surface area contributed by atoms with Crippen LogP contribution in [0.2, 0.25) is 0 Å². The molecule has 2 aromatic rings. The predicted octanol–water partition coefficient (Wildman–Crippen LogP) is 5.58. The SMILES string of the molecule is CC.CC.Cc1ccccc1OC(=O)c1ccccc1C. The highest BCUT2D eigenvalue weighted by molar-refractivity contribution is 5.92. The van der Waals surface area contributed by atoms with Gasteiger partial charge in [-0.15, -0.1) is 0 Å². The molecular formula is C19H26O2. The van der Waals surface area contributed by atoms with Gasteiger partial charge in [0, 0.05) is 0 Å². The number of para-hydroxylation sites is 1. The largest absolute Gasteiger partial charge is 0.423 e. The maximum Gasteiger partial charge on any atom is 0.343 e. The fraction of sp³-hybridized carbons (Fsp3) is 0.316. The molecule has 0 fully saturated rings. The van der Waals surface area contributed by atoms with E-state index in [-0.39, 0.29) is 5.97 Å². The Morgan fingerprint density at radius 2 is 1.24 bits per heavy atom. The van der Waals surface area contributed by atoms with Crippen molar-refractivity contribution in [3.05, 3.63) is 65.2 Å². The van der Waals surface area contributed by atoms with Crippen LogP contribution >= 0.6 is 0 Å². The molecule has 0 bridgehead atoms. The molecule has 21 heavy (non-hydrogen) atoms. The number of benzene rings is 2. The van der Waals surface area contributed by atoms with Gasteiger partial charge in [-0.2, -0.15) is 0 Å². The van der Waals surface area contributed by atoms with Gasteiger partial charge >= 0.3 is 5.97 Å². The lowest BCUT2D eigenvalue weighted by Gasteiger charge is -2.08. The Morgan fingerprint density at radius 1 is 0.762 bits per heavy atom. The van der Waals surface area contributed by atoms with Crippen molar-refractivity contribution < 1.29 is 9.53 Å². The lowest BCUT2D eigenvalue weighted by atomic mass is 10.1. The number of esters is 1. The maximum absolute atomic E-state index is 12.0. The molecule has 0 saturated carbocycles. The van der Waals surface area contributed by atoms with Crippen LogP contribution in [0.25, 0.3) is 0 Å². The predicted molar refractivity (Wildman–Crippen MR) is 90.0 cm³/mol.